The molecule has 0 saturated carbocycles. The summed E-state index contributed by atoms with van der Waals surface area (Å²) < 4.78 is 0. The number of aryl methyl sites for hydroxylation is 1. The van der Waals surface area contributed by atoms with Gasteiger partial charge in [-0.3, -0.25) is 14.6 Å². The third-order valence-electron chi connectivity index (χ3n) is 5.57. The predicted molar refractivity (Wildman–Crippen MR) is 116 cm³/mol. The van der Waals surface area contributed by atoms with Crippen molar-refractivity contribution in [3.8, 4) is 5.75 Å². The predicted octanol–water partition coefficient (Wildman–Crippen LogP) is 2.59. The maximum absolute atomic E-state index is 13.4. The highest BCUT2D eigenvalue weighted by atomic mass is 16.3. The Morgan fingerprint density at radius 1 is 1.13 bits per heavy atom. The van der Waals surface area contributed by atoms with Crippen LogP contribution in [0, 0.1) is 6.92 Å². The van der Waals surface area contributed by atoms with Gasteiger partial charge in [0, 0.05) is 35.6 Å². The highest BCUT2D eigenvalue weighted by molar-refractivity contribution is 6.21. The van der Waals surface area contributed by atoms with Crippen LogP contribution in [0.5, 0.6) is 5.75 Å². The summed E-state index contributed by atoms with van der Waals surface area (Å²) in [5.74, 6) is -0.510. The van der Waals surface area contributed by atoms with E-state index in [0.29, 0.717) is 17.8 Å². The molecular weight excluding hydrogens is 392 g/mol. The summed E-state index contributed by atoms with van der Waals surface area (Å²) in [4.78, 5) is 36.6. The third kappa shape index (κ3) is 3.34. The van der Waals surface area contributed by atoms with E-state index >= 15 is 0 Å². The summed E-state index contributed by atoms with van der Waals surface area (Å²) in [7, 11) is 0. The number of nitrogens with zero attached hydrogens (tertiary/aromatic N) is 3. The van der Waals surface area contributed by atoms with Crippen molar-refractivity contribution in [1.29, 1.82) is 0 Å². The molecule has 3 heterocycles. The van der Waals surface area contributed by atoms with Crippen molar-refractivity contribution in [2.24, 2.45) is 4.99 Å². The van der Waals surface area contributed by atoms with Crippen LogP contribution in [0.1, 0.15) is 32.6 Å². The largest absolute Gasteiger partial charge is 0.508 e. The molecule has 7 nitrogen and oxygen atoms in total. The lowest BCUT2D eigenvalue weighted by molar-refractivity contribution is -0.120. The molecule has 0 aliphatic carbocycles. The van der Waals surface area contributed by atoms with Gasteiger partial charge < -0.3 is 15.3 Å². The summed E-state index contributed by atoms with van der Waals surface area (Å²) in [6.45, 7) is 2.56. The summed E-state index contributed by atoms with van der Waals surface area (Å²) >= 11 is 0. The van der Waals surface area contributed by atoms with Crippen molar-refractivity contribution < 1.29 is 14.7 Å². The van der Waals surface area contributed by atoms with E-state index in [-0.39, 0.29) is 11.7 Å². The van der Waals surface area contributed by atoms with E-state index < -0.39 is 12.1 Å². The first kappa shape index (κ1) is 19.0. The number of aromatic nitrogens is 1. The lowest BCUT2D eigenvalue weighted by Crippen LogP contribution is -2.46. The normalized spacial score (nSPS) is 17.1. The second kappa shape index (κ2) is 7.36. The number of nitrogens with one attached hydrogen (secondary N) is 1. The van der Waals surface area contributed by atoms with E-state index in [1.165, 1.54) is 12.4 Å². The lowest BCUT2D eigenvalue weighted by Gasteiger charge is -2.21. The Morgan fingerprint density at radius 3 is 2.61 bits per heavy atom. The molecule has 0 bridgehead atoms. The Morgan fingerprint density at radius 2 is 1.87 bits per heavy atom. The summed E-state index contributed by atoms with van der Waals surface area (Å²) in [5, 5.41) is 12.5. The minimum Gasteiger partial charge on any atom is -0.508 e. The molecule has 0 spiro atoms. The van der Waals surface area contributed by atoms with Crippen molar-refractivity contribution >= 4 is 23.2 Å². The van der Waals surface area contributed by atoms with Gasteiger partial charge in [0.25, 0.3) is 11.8 Å². The summed E-state index contributed by atoms with van der Waals surface area (Å²) in [6.07, 6.45) is 2.74. The molecule has 1 aromatic heterocycles. The molecule has 2 aliphatic heterocycles. The zero-order valence-electron chi connectivity index (χ0n) is 16.9. The quantitative estimate of drug-likeness (QED) is 0.691. The minimum absolute atomic E-state index is 0.146. The number of pyridine rings is 1. The van der Waals surface area contributed by atoms with E-state index in [9.17, 15) is 14.7 Å². The van der Waals surface area contributed by atoms with Crippen LogP contribution in [0.25, 0.3) is 0 Å². The fraction of sp³-hybridized carbons (Fsp3) is 0.167. The van der Waals surface area contributed by atoms with Gasteiger partial charge in [-0.15, -0.1) is 0 Å². The fourth-order valence-corrected chi connectivity index (χ4v) is 4.16. The van der Waals surface area contributed by atoms with Crippen molar-refractivity contribution in [2.75, 3.05) is 11.4 Å². The number of hydrogen-bond donors (Lipinski definition) is 2. The van der Waals surface area contributed by atoms with Gasteiger partial charge in [-0.1, -0.05) is 11.6 Å². The Balaban J connectivity index is 1.64. The number of hydrogen-bond acceptors (Lipinski definition) is 5. The SMILES string of the molecule is Cc1cc2c3c(c1)C(c1ccc(O)cc1)=N[C@@H](NC(=O)c1ccncc1)C(=O)N3CC2. The van der Waals surface area contributed by atoms with Gasteiger partial charge in [-0.2, -0.15) is 0 Å². The van der Waals surface area contributed by atoms with Crippen LogP contribution in [0.3, 0.4) is 0 Å². The number of amides is 2. The van der Waals surface area contributed by atoms with Crippen LogP contribution in [-0.4, -0.2) is 40.3 Å². The number of anilines is 1. The molecule has 0 unspecified atom stereocenters. The third-order valence-corrected chi connectivity index (χ3v) is 5.57. The molecule has 2 amide bonds. The molecule has 3 aromatic rings. The van der Waals surface area contributed by atoms with Gasteiger partial charge in [0.1, 0.15) is 5.75 Å². The Bertz CT molecular complexity index is 1220. The maximum atomic E-state index is 13.4. The van der Waals surface area contributed by atoms with E-state index in [1.54, 1.807) is 41.3 Å². The average molecular weight is 412 g/mol. The molecule has 2 aliphatic rings. The van der Waals surface area contributed by atoms with Gasteiger partial charge >= 0.3 is 0 Å². The second-order valence-corrected chi connectivity index (χ2v) is 7.70. The van der Waals surface area contributed by atoms with Crippen LogP contribution < -0.4 is 10.2 Å². The van der Waals surface area contributed by atoms with Crippen LogP contribution in [0.4, 0.5) is 5.69 Å². The first-order valence-electron chi connectivity index (χ1n) is 10.0. The Labute approximate surface area is 179 Å². The molecule has 1 atom stereocenters. The summed E-state index contributed by atoms with van der Waals surface area (Å²) in [6, 6.07) is 14.0. The number of carbonyl (C=O) groups is 2. The number of aliphatic imine (C=N–C) groups is 1. The van der Waals surface area contributed by atoms with Crippen LogP contribution in [0.15, 0.2) is 65.9 Å². The average Bonchev–Trinajstić information content (AvgIpc) is 3.16. The first-order chi connectivity index (χ1) is 15.0. The van der Waals surface area contributed by atoms with Crippen molar-refractivity contribution in [3.63, 3.8) is 0 Å². The molecule has 2 N–H and O–H groups in total. The number of phenols is 1. The number of carbonyl (C=O) groups excluding carboxylic acids is 2. The minimum atomic E-state index is -1.07. The van der Waals surface area contributed by atoms with E-state index in [1.807, 2.05) is 13.0 Å². The molecule has 0 radical (unpaired) electrons. The topological polar surface area (TPSA) is 94.9 Å². The van der Waals surface area contributed by atoms with Crippen LogP contribution >= 0.6 is 0 Å². The molecule has 7 heteroatoms. The highest BCUT2D eigenvalue weighted by Crippen LogP contribution is 2.37. The first-order valence-corrected chi connectivity index (χ1v) is 10.0. The van der Waals surface area contributed by atoms with Gasteiger partial charge in [0.05, 0.1) is 11.4 Å². The van der Waals surface area contributed by atoms with Crippen molar-refractivity contribution in [3.05, 3.63) is 88.7 Å². The zero-order valence-corrected chi connectivity index (χ0v) is 16.9. The maximum Gasteiger partial charge on any atom is 0.272 e. The Kier molecular flexibility index (Phi) is 4.51. The summed E-state index contributed by atoms with van der Waals surface area (Å²) in [5.41, 5.74) is 5.65. The number of benzene rings is 2. The Hall–Kier alpha value is -4.00. The lowest BCUT2D eigenvalue weighted by atomic mass is 9.96. The molecule has 31 heavy (non-hydrogen) atoms. The van der Waals surface area contributed by atoms with E-state index in [4.69, 9.17) is 4.99 Å². The van der Waals surface area contributed by atoms with Gasteiger partial charge in [0.2, 0.25) is 6.17 Å². The standard InChI is InChI=1S/C24H20N4O3/c1-14-12-17-8-11-28-21(17)19(13-14)20(15-2-4-18(29)5-3-15)26-22(24(28)31)27-23(30)16-6-9-25-10-7-16/h2-7,9-10,12-13,22,29H,8,11H2,1H3,(H,27,30)/t22-/m0/s1. The van der Waals surface area contributed by atoms with Crippen LogP contribution in [0.2, 0.25) is 0 Å². The molecule has 0 fully saturated rings. The molecule has 154 valence electrons. The van der Waals surface area contributed by atoms with Gasteiger partial charge in [0.15, 0.2) is 0 Å². The number of phenolic OH excluding ortho intramolecular Hbond substituents is 1. The highest BCUT2D eigenvalue weighted by Gasteiger charge is 2.37. The van der Waals surface area contributed by atoms with Crippen molar-refractivity contribution in [1.82, 2.24) is 10.3 Å². The van der Waals surface area contributed by atoms with Crippen molar-refractivity contribution in [2.45, 2.75) is 19.5 Å². The smallest absolute Gasteiger partial charge is 0.272 e. The van der Waals surface area contributed by atoms with Crippen LogP contribution in [-0.2, 0) is 11.2 Å². The van der Waals surface area contributed by atoms with Gasteiger partial charge in [-0.25, -0.2) is 4.99 Å². The molecular formula is C24H20N4O3. The zero-order chi connectivity index (χ0) is 21.5. The number of aromatic hydroxyl groups is 1. The second-order valence-electron chi connectivity index (χ2n) is 7.70. The molecule has 5 rings (SSSR count). The van der Waals surface area contributed by atoms with Gasteiger partial charge in [-0.05, 0) is 61.4 Å². The number of rotatable bonds is 3. The molecule has 2 aromatic carbocycles. The molecule has 0 saturated heterocycles. The fourth-order valence-electron chi connectivity index (χ4n) is 4.16. The van der Waals surface area contributed by atoms with E-state index in [0.717, 1.165) is 34.4 Å². The van der Waals surface area contributed by atoms with E-state index in [2.05, 4.69) is 16.4 Å². The monoisotopic (exact) mass is 412 g/mol.